The molecule has 1 aliphatic rings. The topological polar surface area (TPSA) is 38.7 Å². The zero-order chi connectivity index (χ0) is 14.2. The van der Waals surface area contributed by atoms with Crippen LogP contribution in [0.3, 0.4) is 0 Å². The van der Waals surface area contributed by atoms with Gasteiger partial charge in [0.25, 0.3) is 0 Å². The first-order chi connectivity index (χ1) is 9.66. The molecule has 0 saturated heterocycles. The average Bonchev–Trinajstić information content (AvgIpc) is 2.80. The highest BCUT2D eigenvalue weighted by atomic mass is 35.5. The lowest BCUT2D eigenvalue weighted by Crippen LogP contribution is -2.28. The molecule has 2 aromatic carbocycles. The summed E-state index contributed by atoms with van der Waals surface area (Å²) in [5.41, 5.74) is 3.09. The third kappa shape index (κ3) is 2.03. The summed E-state index contributed by atoms with van der Waals surface area (Å²) >= 11 is 6.26. The lowest BCUT2D eigenvalue weighted by Gasteiger charge is -2.26. The SMILES string of the molecule is COCc1ccccc1C1(O)OCc2cccc(Cl)c21. The molecule has 0 amide bonds. The number of aliphatic hydroxyl groups is 1. The fourth-order valence-electron chi connectivity index (χ4n) is 2.67. The van der Waals surface area contributed by atoms with Crippen LogP contribution in [0.4, 0.5) is 0 Å². The van der Waals surface area contributed by atoms with Gasteiger partial charge in [-0.25, -0.2) is 0 Å². The first-order valence-electron chi connectivity index (χ1n) is 6.38. The molecule has 1 atom stereocenters. The summed E-state index contributed by atoms with van der Waals surface area (Å²) in [5, 5.41) is 11.5. The summed E-state index contributed by atoms with van der Waals surface area (Å²) in [7, 11) is 1.62. The van der Waals surface area contributed by atoms with Crippen LogP contribution in [-0.4, -0.2) is 12.2 Å². The van der Waals surface area contributed by atoms with Crippen molar-refractivity contribution in [1.29, 1.82) is 0 Å². The van der Waals surface area contributed by atoms with Gasteiger partial charge in [0.1, 0.15) is 0 Å². The van der Waals surface area contributed by atoms with Crippen molar-refractivity contribution in [2.45, 2.75) is 19.0 Å². The van der Waals surface area contributed by atoms with Crippen molar-refractivity contribution in [3.05, 3.63) is 69.7 Å². The molecule has 1 N–H and O–H groups in total. The van der Waals surface area contributed by atoms with E-state index in [1.807, 2.05) is 36.4 Å². The second-order valence-electron chi connectivity index (χ2n) is 4.80. The molecule has 0 fully saturated rings. The molecule has 0 spiro atoms. The smallest absolute Gasteiger partial charge is 0.222 e. The molecule has 3 rings (SSSR count). The van der Waals surface area contributed by atoms with Gasteiger partial charge in [-0.2, -0.15) is 0 Å². The Labute approximate surface area is 122 Å². The number of fused-ring (bicyclic) bond motifs is 1. The van der Waals surface area contributed by atoms with Crippen LogP contribution in [0.5, 0.6) is 0 Å². The maximum absolute atomic E-state index is 11.0. The number of hydrogen-bond donors (Lipinski definition) is 1. The van der Waals surface area contributed by atoms with Crippen molar-refractivity contribution in [3.8, 4) is 0 Å². The quantitative estimate of drug-likeness (QED) is 0.943. The van der Waals surface area contributed by atoms with E-state index in [2.05, 4.69) is 0 Å². The Bertz CT molecular complexity index is 641. The average molecular weight is 291 g/mol. The summed E-state index contributed by atoms with van der Waals surface area (Å²) in [6.07, 6.45) is 0. The van der Waals surface area contributed by atoms with Crippen LogP contribution < -0.4 is 0 Å². The highest BCUT2D eigenvalue weighted by Gasteiger charge is 2.42. The van der Waals surface area contributed by atoms with Gasteiger partial charge >= 0.3 is 0 Å². The third-order valence-electron chi connectivity index (χ3n) is 3.56. The summed E-state index contributed by atoms with van der Waals surface area (Å²) in [6, 6.07) is 13.1. The Kier molecular flexibility index (Phi) is 3.52. The largest absolute Gasteiger partial charge is 0.380 e. The summed E-state index contributed by atoms with van der Waals surface area (Å²) in [4.78, 5) is 0. The molecule has 1 heterocycles. The van der Waals surface area contributed by atoms with Gasteiger partial charge in [0.2, 0.25) is 5.79 Å². The van der Waals surface area contributed by atoms with Crippen LogP contribution in [-0.2, 0) is 28.5 Å². The van der Waals surface area contributed by atoms with Gasteiger partial charge in [-0.15, -0.1) is 0 Å². The molecule has 20 heavy (non-hydrogen) atoms. The molecule has 0 radical (unpaired) electrons. The van der Waals surface area contributed by atoms with E-state index in [1.165, 1.54) is 0 Å². The number of rotatable bonds is 3. The fraction of sp³-hybridized carbons (Fsp3) is 0.250. The van der Waals surface area contributed by atoms with E-state index in [9.17, 15) is 5.11 Å². The molecule has 0 aliphatic carbocycles. The van der Waals surface area contributed by atoms with Gasteiger partial charge in [0.05, 0.1) is 13.2 Å². The van der Waals surface area contributed by atoms with E-state index in [1.54, 1.807) is 13.2 Å². The van der Waals surface area contributed by atoms with Crippen LogP contribution in [0.1, 0.15) is 22.3 Å². The van der Waals surface area contributed by atoms with Gasteiger partial charge in [-0.3, -0.25) is 0 Å². The molecule has 104 valence electrons. The Morgan fingerprint density at radius 2 is 2.05 bits per heavy atom. The zero-order valence-electron chi connectivity index (χ0n) is 11.1. The molecule has 2 aromatic rings. The predicted molar refractivity (Wildman–Crippen MR) is 76.4 cm³/mol. The molecular weight excluding hydrogens is 276 g/mol. The summed E-state index contributed by atoms with van der Waals surface area (Å²) in [6.45, 7) is 0.745. The number of methoxy groups -OCH3 is 1. The molecule has 1 unspecified atom stereocenters. The first kappa shape index (κ1) is 13.6. The third-order valence-corrected chi connectivity index (χ3v) is 3.87. The van der Waals surface area contributed by atoms with Crippen molar-refractivity contribution >= 4 is 11.6 Å². The van der Waals surface area contributed by atoms with Crippen molar-refractivity contribution < 1.29 is 14.6 Å². The Morgan fingerprint density at radius 1 is 1.25 bits per heavy atom. The van der Waals surface area contributed by atoms with E-state index in [0.717, 1.165) is 11.1 Å². The number of benzene rings is 2. The van der Waals surface area contributed by atoms with Gasteiger partial charge in [-0.1, -0.05) is 48.0 Å². The van der Waals surface area contributed by atoms with Gasteiger partial charge in [-0.05, 0) is 17.2 Å². The maximum atomic E-state index is 11.0. The molecule has 4 heteroatoms. The lowest BCUT2D eigenvalue weighted by atomic mass is 9.92. The molecular formula is C16H15ClO3. The van der Waals surface area contributed by atoms with Crippen molar-refractivity contribution in [2.75, 3.05) is 7.11 Å². The number of halogens is 1. The molecule has 3 nitrogen and oxygen atoms in total. The highest BCUT2D eigenvalue weighted by molar-refractivity contribution is 6.31. The monoisotopic (exact) mass is 290 g/mol. The fourth-order valence-corrected chi connectivity index (χ4v) is 2.99. The number of ether oxygens (including phenoxy) is 2. The Balaban J connectivity index is 2.17. The second kappa shape index (κ2) is 5.19. The van der Waals surface area contributed by atoms with Crippen LogP contribution in [0.25, 0.3) is 0 Å². The van der Waals surface area contributed by atoms with Crippen LogP contribution in [0.2, 0.25) is 5.02 Å². The van der Waals surface area contributed by atoms with E-state index in [-0.39, 0.29) is 0 Å². The summed E-state index contributed by atoms with van der Waals surface area (Å²) in [5.74, 6) is -1.51. The minimum absolute atomic E-state index is 0.341. The number of hydrogen-bond acceptors (Lipinski definition) is 3. The van der Waals surface area contributed by atoms with Gasteiger partial charge in [0.15, 0.2) is 0 Å². The normalized spacial score (nSPS) is 20.9. The lowest BCUT2D eigenvalue weighted by molar-refractivity contribution is -0.171. The van der Waals surface area contributed by atoms with Crippen molar-refractivity contribution in [2.24, 2.45) is 0 Å². The minimum atomic E-state index is -1.51. The Morgan fingerprint density at radius 3 is 2.85 bits per heavy atom. The maximum Gasteiger partial charge on any atom is 0.222 e. The summed E-state index contributed by atoms with van der Waals surface area (Å²) < 4.78 is 10.9. The van der Waals surface area contributed by atoms with E-state index >= 15 is 0 Å². The highest BCUT2D eigenvalue weighted by Crippen LogP contribution is 2.44. The molecule has 0 bridgehead atoms. The van der Waals surface area contributed by atoms with Crippen LogP contribution >= 0.6 is 11.6 Å². The van der Waals surface area contributed by atoms with Crippen LogP contribution in [0, 0.1) is 0 Å². The van der Waals surface area contributed by atoms with E-state index in [0.29, 0.717) is 29.4 Å². The molecule has 1 aliphatic heterocycles. The standard InChI is InChI=1S/C16H15ClO3/c1-19-9-11-5-2-3-7-13(11)16(18)15-12(10-20-16)6-4-8-14(15)17/h2-8,18H,9-10H2,1H3. The molecule has 0 saturated carbocycles. The van der Waals surface area contributed by atoms with E-state index in [4.69, 9.17) is 21.1 Å². The van der Waals surface area contributed by atoms with Crippen LogP contribution in [0.15, 0.2) is 42.5 Å². The zero-order valence-corrected chi connectivity index (χ0v) is 11.9. The second-order valence-corrected chi connectivity index (χ2v) is 5.20. The predicted octanol–water partition coefficient (Wildman–Crippen LogP) is 3.21. The van der Waals surface area contributed by atoms with Gasteiger partial charge in [0, 0.05) is 23.3 Å². The van der Waals surface area contributed by atoms with Crippen molar-refractivity contribution in [1.82, 2.24) is 0 Å². The Hall–Kier alpha value is -1.39. The van der Waals surface area contributed by atoms with Crippen molar-refractivity contribution in [3.63, 3.8) is 0 Å². The van der Waals surface area contributed by atoms with Gasteiger partial charge < -0.3 is 14.6 Å². The molecule has 0 aromatic heterocycles. The van der Waals surface area contributed by atoms with E-state index < -0.39 is 5.79 Å². The first-order valence-corrected chi connectivity index (χ1v) is 6.76. The minimum Gasteiger partial charge on any atom is -0.380 e.